The number of anilines is 1. The van der Waals surface area contributed by atoms with Crippen LogP contribution in [0.25, 0.3) is 10.9 Å². The van der Waals surface area contributed by atoms with Crippen LogP contribution in [0.5, 0.6) is 0 Å². The van der Waals surface area contributed by atoms with Crippen LogP contribution in [-0.4, -0.2) is 75.9 Å². The first-order valence-electron chi connectivity index (χ1n) is 11.5. The average molecular weight is 583 g/mol. The van der Waals surface area contributed by atoms with Gasteiger partial charge in [-0.3, -0.25) is 24.2 Å². The highest BCUT2D eigenvalue weighted by Gasteiger charge is 2.19. The van der Waals surface area contributed by atoms with E-state index in [0.717, 1.165) is 55.9 Å². The fourth-order valence-corrected chi connectivity index (χ4v) is 5.61. The summed E-state index contributed by atoms with van der Waals surface area (Å²) >= 11 is 9.81. The highest BCUT2D eigenvalue weighted by molar-refractivity contribution is 9.10. The summed E-state index contributed by atoms with van der Waals surface area (Å²) in [5.74, 6) is 0.457. The number of aromatic nitrogens is 2. The van der Waals surface area contributed by atoms with E-state index in [1.165, 1.54) is 11.0 Å². The van der Waals surface area contributed by atoms with Gasteiger partial charge in [-0.05, 0) is 35.9 Å². The first-order valence-corrected chi connectivity index (χ1v) is 14.0. The van der Waals surface area contributed by atoms with Crippen molar-refractivity contribution in [2.75, 3.05) is 57.6 Å². The maximum atomic E-state index is 13.2. The molecule has 35 heavy (non-hydrogen) atoms. The number of rotatable bonds is 9. The second kappa shape index (κ2) is 11.9. The molecule has 1 fully saturated rings. The molecule has 11 heteroatoms. The molecule has 1 saturated heterocycles. The number of benzene rings is 2. The van der Waals surface area contributed by atoms with Crippen LogP contribution in [0.4, 0.5) is 5.69 Å². The molecule has 4 rings (SSSR count). The number of ether oxygens (including phenoxy) is 1. The predicted octanol–water partition coefficient (Wildman–Crippen LogP) is 3.58. The molecule has 1 aliphatic rings. The minimum absolute atomic E-state index is 0.248. The van der Waals surface area contributed by atoms with Gasteiger partial charge in [0.05, 0.1) is 38.9 Å². The minimum atomic E-state index is -1.21. The highest BCUT2D eigenvalue weighted by atomic mass is 79.9. The van der Waals surface area contributed by atoms with E-state index >= 15 is 0 Å². The topological polar surface area (TPSA) is 79.7 Å². The zero-order valence-corrected chi connectivity index (χ0v) is 23.0. The SMILES string of the molecule is CCS(=O)c1ccc(Cl)cc1Nn1cnc2cc(CN3CCN(CCOC)CC3)c(Br)cc2c1=O. The van der Waals surface area contributed by atoms with E-state index < -0.39 is 10.8 Å². The van der Waals surface area contributed by atoms with Crippen molar-refractivity contribution in [2.24, 2.45) is 0 Å². The van der Waals surface area contributed by atoms with E-state index in [4.69, 9.17) is 16.3 Å². The van der Waals surface area contributed by atoms with Crippen molar-refractivity contribution in [3.05, 3.63) is 62.1 Å². The first-order chi connectivity index (χ1) is 16.9. The van der Waals surface area contributed by atoms with Gasteiger partial charge >= 0.3 is 0 Å². The fourth-order valence-electron chi connectivity index (χ4n) is 4.09. The Morgan fingerprint density at radius 2 is 1.91 bits per heavy atom. The molecule has 1 atom stereocenters. The van der Waals surface area contributed by atoms with Gasteiger partial charge < -0.3 is 4.74 Å². The summed E-state index contributed by atoms with van der Waals surface area (Å²) < 4.78 is 19.8. The largest absolute Gasteiger partial charge is 0.383 e. The molecule has 3 aromatic rings. The average Bonchev–Trinajstić information content (AvgIpc) is 2.86. The Hall–Kier alpha value is -1.82. The van der Waals surface area contributed by atoms with E-state index in [9.17, 15) is 9.00 Å². The molecule has 2 heterocycles. The molecule has 0 amide bonds. The van der Waals surface area contributed by atoms with Crippen LogP contribution < -0.4 is 11.0 Å². The van der Waals surface area contributed by atoms with E-state index in [1.807, 2.05) is 19.1 Å². The maximum absolute atomic E-state index is 13.2. The van der Waals surface area contributed by atoms with Gasteiger partial charge in [0, 0.05) is 61.6 Å². The van der Waals surface area contributed by atoms with Crippen LogP contribution in [0, 0.1) is 0 Å². The fraction of sp³-hybridized carbons (Fsp3) is 0.417. The summed E-state index contributed by atoms with van der Waals surface area (Å²) in [7, 11) is 0.521. The van der Waals surface area contributed by atoms with Crippen molar-refractivity contribution in [1.82, 2.24) is 19.5 Å². The van der Waals surface area contributed by atoms with Gasteiger partial charge in [-0.25, -0.2) is 9.66 Å². The third-order valence-corrected chi connectivity index (χ3v) is 8.43. The van der Waals surface area contributed by atoms with Crippen molar-refractivity contribution in [2.45, 2.75) is 18.4 Å². The zero-order valence-electron chi connectivity index (χ0n) is 19.8. The van der Waals surface area contributed by atoms with Crippen molar-refractivity contribution in [3.8, 4) is 0 Å². The number of fused-ring (bicyclic) bond motifs is 1. The Kier molecular flexibility index (Phi) is 8.96. The van der Waals surface area contributed by atoms with Crippen LogP contribution in [0.3, 0.4) is 0 Å². The molecule has 188 valence electrons. The van der Waals surface area contributed by atoms with Crippen LogP contribution in [-0.2, 0) is 22.1 Å². The van der Waals surface area contributed by atoms with Crippen LogP contribution in [0.15, 0.2) is 50.8 Å². The second-order valence-corrected chi connectivity index (χ2v) is 11.4. The summed E-state index contributed by atoms with van der Waals surface area (Å²) in [5.41, 5.74) is 5.03. The van der Waals surface area contributed by atoms with Crippen molar-refractivity contribution in [1.29, 1.82) is 0 Å². The number of hydrogen-bond acceptors (Lipinski definition) is 7. The number of nitrogens with one attached hydrogen (secondary N) is 1. The molecule has 1 aromatic heterocycles. The van der Waals surface area contributed by atoms with Crippen molar-refractivity contribution >= 4 is 54.9 Å². The molecule has 0 bridgehead atoms. The maximum Gasteiger partial charge on any atom is 0.280 e. The molecule has 0 saturated carbocycles. The number of methoxy groups -OCH3 is 1. The molecule has 2 aromatic carbocycles. The summed E-state index contributed by atoms with van der Waals surface area (Å²) in [4.78, 5) is 23.2. The number of nitrogens with zero attached hydrogens (tertiary/aromatic N) is 4. The van der Waals surface area contributed by atoms with Gasteiger partial charge in [0.25, 0.3) is 5.56 Å². The third-order valence-electron chi connectivity index (χ3n) is 6.09. The molecule has 8 nitrogen and oxygen atoms in total. The quantitative estimate of drug-likeness (QED) is 0.413. The summed E-state index contributed by atoms with van der Waals surface area (Å²) in [6.45, 7) is 8.32. The lowest BCUT2D eigenvalue weighted by Crippen LogP contribution is -2.46. The Morgan fingerprint density at radius 1 is 1.17 bits per heavy atom. The lowest BCUT2D eigenvalue weighted by Gasteiger charge is -2.34. The molecule has 0 aliphatic carbocycles. The van der Waals surface area contributed by atoms with E-state index in [1.54, 1.807) is 25.3 Å². The molecule has 0 radical (unpaired) electrons. The smallest absolute Gasteiger partial charge is 0.280 e. The van der Waals surface area contributed by atoms with Crippen LogP contribution >= 0.6 is 27.5 Å². The zero-order chi connectivity index (χ0) is 24.9. The first kappa shape index (κ1) is 26.2. The molecule has 1 unspecified atom stereocenters. The number of hydrogen-bond donors (Lipinski definition) is 1. The normalized spacial score (nSPS) is 16.0. The summed E-state index contributed by atoms with van der Waals surface area (Å²) in [6.07, 6.45) is 1.45. The lowest BCUT2D eigenvalue weighted by atomic mass is 10.1. The standard InChI is InChI=1S/C24H29BrClN5O3S/c1-3-35(33)23-5-4-18(26)13-22(23)28-31-16-27-21-12-17(20(25)14-19(21)24(31)32)15-30-8-6-29(7-9-30)10-11-34-2/h4-5,12-14,16,28H,3,6-11,15H2,1-2H3. The molecular formula is C24H29BrClN5O3S. The van der Waals surface area contributed by atoms with Crippen LogP contribution in [0.2, 0.25) is 5.02 Å². The molecule has 1 aliphatic heterocycles. The predicted molar refractivity (Wildman–Crippen MR) is 145 cm³/mol. The summed E-state index contributed by atoms with van der Waals surface area (Å²) in [6, 6.07) is 8.86. The molecule has 0 spiro atoms. The molecule has 1 N–H and O–H groups in total. The second-order valence-electron chi connectivity index (χ2n) is 8.38. The van der Waals surface area contributed by atoms with Gasteiger partial charge in [-0.2, -0.15) is 0 Å². The minimum Gasteiger partial charge on any atom is -0.383 e. The van der Waals surface area contributed by atoms with E-state index in [0.29, 0.717) is 32.3 Å². The Morgan fingerprint density at radius 3 is 2.63 bits per heavy atom. The van der Waals surface area contributed by atoms with Gasteiger partial charge in [0.15, 0.2) is 0 Å². The Labute approximate surface area is 220 Å². The third kappa shape index (κ3) is 6.31. The van der Waals surface area contributed by atoms with Gasteiger partial charge in [0.2, 0.25) is 0 Å². The Balaban J connectivity index is 1.54. The van der Waals surface area contributed by atoms with Crippen molar-refractivity contribution < 1.29 is 8.95 Å². The molecular weight excluding hydrogens is 554 g/mol. The van der Waals surface area contributed by atoms with Gasteiger partial charge in [-0.15, -0.1) is 0 Å². The number of piperazine rings is 1. The van der Waals surface area contributed by atoms with Crippen molar-refractivity contribution in [3.63, 3.8) is 0 Å². The van der Waals surface area contributed by atoms with Gasteiger partial charge in [-0.1, -0.05) is 34.5 Å². The van der Waals surface area contributed by atoms with Gasteiger partial charge in [0.1, 0.15) is 6.33 Å². The van der Waals surface area contributed by atoms with E-state index in [2.05, 4.69) is 36.1 Å². The highest BCUT2D eigenvalue weighted by Crippen LogP contribution is 2.26. The Bertz CT molecular complexity index is 1280. The van der Waals surface area contributed by atoms with Crippen LogP contribution in [0.1, 0.15) is 12.5 Å². The monoisotopic (exact) mass is 581 g/mol. The lowest BCUT2D eigenvalue weighted by molar-refractivity contribution is 0.0937. The van der Waals surface area contributed by atoms with E-state index in [-0.39, 0.29) is 5.56 Å². The number of halogens is 2. The summed E-state index contributed by atoms with van der Waals surface area (Å²) in [5, 5.41) is 0.971.